The number of benzene rings is 1. The highest BCUT2D eigenvalue weighted by atomic mass is 32.1. The Morgan fingerprint density at radius 3 is 2.52 bits per heavy atom. The van der Waals surface area contributed by atoms with Crippen LogP contribution in [0, 0.1) is 6.92 Å². The van der Waals surface area contributed by atoms with Crippen molar-refractivity contribution >= 4 is 29.5 Å². The molecule has 0 radical (unpaired) electrons. The molecule has 3 heterocycles. The van der Waals surface area contributed by atoms with Crippen LogP contribution in [0.4, 0.5) is 0 Å². The zero-order valence-electron chi connectivity index (χ0n) is 16.4. The third kappa shape index (κ3) is 3.52. The lowest BCUT2D eigenvalue weighted by Crippen LogP contribution is -2.91. The van der Waals surface area contributed by atoms with Crippen LogP contribution in [0.15, 0.2) is 24.3 Å². The van der Waals surface area contributed by atoms with Gasteiger partial charge in [0.05, 0.1) is 12.2 Å². The molecule has 1 fully saturated rings. The number of aliphatic hydroxyl groups excluding tert-OH is 1. The summed E-state index contributed by atoms with van der Waals surface area (Å²) in [5, 5.41) is 37.6. The van der Waals surface area contributed by atoms with Gasteiger partial charge in [-0.05, 0) is 19.1 Å². The normalized spacial score (nSPS) is 29.9. The predicted molar refractivity (Wildman–Crippen MR) is 105 cm³/mol. The first-order valence-corrected chi connectivity index (χ1v) is 9.87. The number of carbonyl (C=O) groups excluding carboxylic acids is 1. The van der Waals surface area contributed by atoms with Crippen LogP contribution in [0.3, 0.4) is 0 Å². The van der Waals surface area contributed by atoms with E-state index in [1.165, 1.54) is 4.58 Å². The van der Waals surface area contributed by atoms with Crippen LogP contribution in [-0.4, -0.2) is 89.0 Å². The molecule has 1 aromatic carbocycles. The number of aliphatic hydroxyl groups is 3. The third-order valence-electron chi connectivity index (χ3n) is 5.63. The van der Waals surface area contributed by atoms with E-state index in [1.807, 2.05) is 6.92 Å². The van der Waals surface area contributed by atoms with Crippen molar-refractivity contribution in [2.75, 3.05) is 13.2 Å². The van der Waals surface area contributed by atoms with Crippen LogP contribution >= 0.6 is 0 Å². The monoisotopic (exact) mass is 456 g/mol. The van der Waals surface area contributed by atoms with Crippen molar-refractivity contribution in [1.29, 1.82) is 0 Å². The lowest BCUT2D eigenvalue weighted by Gasteiger charge is -2.40. The number of nitrogens with two attached hydrogens (primary N) is 2. The highest BCUT2D eigenvalue weighted by Crippen LogP contribution is 2.39. The highest BCUT2D eigenvalue weighted by Gasteiger charge is 2.78. The molecule has 1 saturated heterocycles. The van der Waals surface area contributed by atoms with E-state index in [2.05, 4.69) is 15.6 Å². The van der Waals surface area contributed by atoms with E-state index in [0.29, 0.717) is 0 Å². The quantitative estimate of drug-likeness (QED) is 0.122. The molecule has 31 heavy (non-hydrogen) atoms. The smallest absolute Gasteiger partial charge is 0.347 e. The van der Waals surface area contributed by atoms with E-state index in [9.17, 15) is 20.1 Å². The van der Waals surface area contributed by atoms with Crippen molar-refractivity contribution in [3.05, 3.63) is 35.4 Å². The minimum Gasteiger partial charge on any atom is -0.449 e. The van der Waals surface area contributed by atoms with Crippen molar-refractivity contribution in [2.45, 2.75) is 36.6 Å². The van der Waals surface area contributed by atoms with E-state index in [4.69, 9.17) is 24.6 Å². The number of nitrogens with zero attached hydrogens (tertiary/aromatic N) is 1. The number of hydrogen-bond acceptors (Lipinski definition) is 11. The molecule has 3 aliphatic heterocycles. The molecule has 168 valence electrons. The SMILES string of the molecule is Cc1ccc(C(=O)O[C@H]2C[N+]3=C(N)N[C@@H](CO)[C@@H]4[NH+]=C(N)N[C@@]43C2(O)O)cc1.O=S=O. The average Bonchev–Trinajstić information content (AvgIpc) is 3.18. The number of rotatable bonds is 3. The fourth-order valence-corrected chi connectivity index (χ4v) is 4.22. The Morgan fingerprint density at radius 2 is 1.94 bits per heavy atom. The summed E-state index contributed by atoms with van der Waals surface area (Å²) in [6, 6.07) is 5.30. The number of esters is 1. The van der Waals surface area contributed by atoms with E-state index in [1.54, 1.807) is 24.3 Å². The third-order valence-corrected chi connectivity index (χ3v) is 5.63. The molecule has 0 aromatic heterocycles. The van der Waals surface area contributed by atoms with Crippen molar-refractivity contribution in [2.24, 2.45) is 11.5 Å². The second-order valence-corrected chi connectivity index (χ2v) is 7.55. The molecule has 0 saturated carbocycles. The summed E-state index contributed by atoms with van der Waals surface area (Å²) in [7, 11) is 0. The summed E-state index contributed by atoms with van der Waals surface area (Å²) in [5.74, 6) is -3.08. The number of guanidine groups is 2. The van der Waals surface area contributed by atoms with Gasteiger partial charge >= 0.3 is 35.1 Å². The van der Waals surface area contributed by atoms with Crippen molar-refractivity contribution < 1.29 is 42.8 Å². The van der Waals surface area contributed by atoms with Gasteiger partial charge in [0.25, 0.3) is 5.79 Å². The number of aryl methyl sites for hydroxylation is 1. The molecule has 13 nitrogen and oxygen atoms in total. The van der Waals surface area contributed by atoms with Gasteiger partial charge in [-0.2, -0.15) is 8.42 Å². The summed E-state index contributed by atoms with van der Waals surface area (Å²) < 4.78 is 23.5. The minimum atomic E-state index is -2.56. The topological polar surface area (TPSA) is 214 Å². The van der Waals surface area contributed by atoms with Gasteiger partial charge in [-0.3, -0.25) is 21.8 Å². The summed E-state index contributed by atoms with van der Waals surface area (Å²) in [5.41, 5.74) is 11.6. The second kappa shape index (κ2) is 8.22. The molecular weight excluding hydrogens is 432 g/mol. The molecule has 0 aliphatic carbocycles. The first-order chi connectivity index (χ1) is 14.6. The zero-order valence-corrected chi connectivity index (χ0v) is 17.3. The minimum absolute atomic E-state index is 0.0861. The average molecular weight is 456 g/mol. The number of nitrogens with one attached hydrogen (secondary N) is 3. The highest BCUT2D eigenvalue weighted by molar-refractivity contribution is 7.51. The molecule has 14 heteroatoms. The summed E-state index contributed by atoms with van der Waals surface area (Å²) >= 11 is -0.750. The van der Waals surface area contributed by atoms with Crippen LogP contribution in [0.25, 0.3) is 0 Å². The van der Waals surface area contributed by atoms with Gasteiger partial charge in [0.15, 0.2) is 12.1 Å². The van der Waals surface area contributed by atoms with Gasteiger partial charge in [0, 0.05) is 0 Å². The molecule has 1 aromatic rings. The van der Waals surface area contributed by atoms with E-state index in [0.717, 1.165) is 5.56 Å². The standard InChI is InChI=1S/C17H22N6O5.O2S/c1-8-2-4-9(5-3-8)13(25)28-11-6-23-15(19)20-10(7-24)12-16(23,17(11,26)27)22-14(18)21-12;1-3-2/h2-5,10-12,24,26-27H,6-7H2,1H3,(H5,18,19,20,21,22);/p+2/t10-,11-,12-,16-;/m0./s1. The van der Waals surface area contributed by atoms with Crippen LogP contribution in [0.2, 0.25) is 0 Å². The largest absolute Gasteiger partial charge is 0.449 e. The van der Waals surface area contributed by atoms with Crippen molar-refractivity contribution in [3.8, 4) is 0 Å². The number of hydrogen-bond donors (Lipinski definition) is 8. The van der Waals surface area contributed by atoms with Gasteiger partial charge in [-0.1, -0.05) is 17.7 Å². The molecule has 3 aliphatic rings. The zero-order chi connectivity index (χ0) is 23.0. The molecule has 4 rings (SSSR count). The van der Waals surface area contributed by atoms with Crippen LogP contribution in [0.5, 0.6) is 0 Å². The molecule has 0 bridgehead atoms. The van der Waals surface area contributed by atoms with Gasteiger partial charge in [-0.25, -0.2) is 14.7 Å². The summed E-state index contributed by atoms with van der Waals surface area (Å²) in [4.78, 5) is 15.4. The van der Waals surface area contributed by atoms with Crippen LogP contribution in [0.1, 0.15) is 15.9 Å². The number of carbonyl (C=O) groups is 1. The van der Waals surface area contributed by atoms with Crippen LogP contribution in [-0.2, 0) is 16.3 Å². The molecule has 10 N–H and O–H groups in total. The van der Waals surface area contributed by atoms with Gasteiger partial charge in [0.2, 0.25) is 0 Å². The van der Waals surface area contributed by atoms with E-state index < -0.39 is 47.2 Å². The Balaban J connectivity index is 0.000000858. The lowest BCUT2D eigenvalue weighted by molar-refractivity contribution is -0.674. The fraction of sp³-hybridized carbons (Fsp3) is 0.471. The summed E-state index contributed by atoms with van der Waals surface area (Å²) in [6.45, 7) is 1.45. The maximum Gasteiger partial charge on any atom is 0.347 e. The maximum atomic E-state index is 12.5. The fourth-order valence-electron chi connectivity index (χ4n) is 4.22. The predicted octanol–water partition coefficient (Wildman–Crippen LogP) is -6.10. The Hall–Kier alpha value is -3.07. The van der Waals surface area contributed by atoms with Gasteiger partial charge in [0.1, 0.15) is 12.6 Å². The maximum absolute atomic E-state index is 12.5. The number of ether oxygens (including phenoxy) is 1. The Labute approximate surface area is 180 Å². The van der Waals surface area contributed by atoms with Crippen molar-refractivity contribution in [1.82, 2.24) is 10.6 Å². The van der Waals surface area contributed by atoms with E-state index >= 15 is 0 Å². The molecule has 0 amide bonds. The molecule has 0 unspecified atom stereocenters. The molecule has 1 spiro atoms. The first-order valence-electron chi connectivity index (χ1n) is 9.21. The molecular formula is C17H24N6O7S+2. The Morgan fingerprint density at radius 1 is 1.32 bits per heavy atom. The van der Waals surface area contributed by atoms with Gasteiger partial charge in [-0.15, -0.1) is 0 Å². The molecule has 4 atom stereocenters. The lowest BCUT2D eigenvalue weighted by atomic mass is 9.86. The first kappa shape index (κ1) is 22.6. The Kier molecular flexibility index (Phi) is 6.00. The van der Waals surface area contributed by atoms with Gasteiger partial charge < -0.3 is 20.1 Å². The Bertz CT molecular complexity index is 976. The second-order valence-electron chi connectivity index (χ2n) is 7.41. The summed E-state index contributed by atoms with van der Waals surface area (Å²) in [6.07, 6.45) is -1.33. The van der Waals surface area contributed by atoms with E-state index in [-0.39, 0.29) is 30.6 Å². The van der Waals surface area contributed by atoms with Crippen molar-refractivity contribution in [3.63, 3.8) is 0 Å². The van der Waals surface area contributed by atoms with Crippen LogP contribution < -0.4 is 27.1 Å².